The molecular weight excluding hydrogens is 328 g/mol. The summed E-state index contributed by atoms with van der Waals surface area (Å²) in [5, 5.41) is 3.39. The number of amides is 1. The highest BCUT2D eigenvalue weighted by atomic mass is 79.9. The van der Waals surface area contributed by atoms with Crippen LogP contribution in [-0.2, 0) is 0 Å². The third-order valence-corrected chi connectivity index (χ3v) is 3.52. The molecule has 0 heterocycles. The van der Waals surface area contributed by atoms with Gasteiger partial charge in [-0.1, -0.05) is 23.2 Å². The molecule has 0 spiro atoms. The van der Waals surface area contributed by atoms with E-state index >= 15 is 0 Å². The van der Waals surface area contributed by atoms with Crippen molar-refractivity contribution in [2.75, 3.05) is 11.1 Å². The Morgan fingerprint density at radius 1 is 1.26 bits per heavy atom. The number of hydrogen-bond acceptors (Lipinski definition) is 2. The van der Waals surface area contributed by atoms with Crippen LogP contribution in [0.2, 0.25) is 5.02 Å². The zero-order chi connectivity index (χ0) is 14.0. The number of nitrogen functional groups attached to an aromatic ring is 1. The average Bonchev–Trinajstić information content (AvgIpc) is 2.35. The Morgan fingerprint density at radius 3 is 2.68 bits per heavy atom. The molecule has 2 aromatic carbocycles. The van der Waals surface area contributed by atoms with Gasteiger partial charge in [-0.2, -0.15) is 0 Å². The van der Waals surface area contributed by atoms with Gasteiger partial charge in [0.2, 0.25) is 0 Å². The Kier molecular flexibility index (Phi) is 4.12. The molecule has 0 bridgehead atoms. The first-order chi connectivity index (χ1) is 8.97. The van der Waals surface area contributed by atoms with Gasteiger partial charge in [-0.05, 0) is 53.2 Å². The molecule has 1 amide bonds. The molecule has 0 radical (unpaired) electrons. The molecule has 2 rings (SSSR count). The predicted octanol–water partition coefficient (Wildman–Crippen LogP) is 4.25. The van der Waals surface area contributed by atoms with E-state index in [4.69, 9.17) is 17.3 Å². The molecule has 0 aliphatic carbocycles. The van der Waals surface area contributed by atoms with E-state index in [9.17, 15) is 4.79 Å². The van der Waals surface area contributed by atoms with E-state index in [2.05, 4.69) is 21.2 Å². The van der Waals surface area contributed by atoms with Gasteiger partial charge in [-0.15, -0.1) is 0 Å². The molecule has 0 unspecified atom stereocenters. The maximum absolute atomic E-state index is 12.2. The molecule has 0 aliphatic rings. The fraction of sp³-hybridized carbons (Fsp3) is 0.0714. The Labute approximate surface area is 124 Å². The van der Waals surface area contributed by atoms with Crippen LogP contribution < -0.4 is 11.1 Å². The molecule has 3 nitrogen and oxygen atoms in total. The summed E-state index contributed by atoms with van der Waals surface area (Å²) in [6.07, 6.45) is 0. The first-order valence-electron chi connectivity index (χ1n) is 5.60. The fourth-order valence-corrected chi connectivity index (χ4v) is 2.43. The normalized spacial score (nSPS) is 10.3. The molecular formula is C14H12BrClN2O. The molecule has 3 N–H and O–H groups in total. The lowest BCUT2D eigenvalue weighted by Crippen LogP contribution is -2.14. The summed E-state index contributed by atoms with van der Waals surface area (Å²) < 4.78 is 0.722. The van der Waals surface area contributed by atoms with Crippen molar-refractivity contribution in [3.63, 3.8) is 0 Å². The number of aryl methyl sites for hydroxylation is 1. The summed E-state index contributed by atoms with van der Waals surface area (Å²) in [4.78, 5) is 12.2. The predicted molar refractivity (Wildman–Crippen MR) is 82.7 cm³/mol. The van der Waals surface area contributed by atoms with Crippen LogP contribution >= 0.6 is 27.5 Å². The molecule has 5 heteroatoms. The number of nitrogens with one attached hydrogen (secondary N) is 1. The van der Waals surface area contributed by atoms with Crippen LogP contribution in [0.25, 0.3) is 0 Å². The average molecular weight is 340 g/mol. The lowest BCUT2D eigenvalue weighted by molar-refractivity contribution is 0.102. The van der Waals surface area contributed by atoms with Crippen LogP contribution in [0.1, 0.15) is 15.9 Å². The minimum absolute atomic E-state index is 0.246. The smallest absolute Gasteiger partial charge is 0.257 e. The van der Waals surface area contributed by atoms with Gasteiger partial charge in [0.1, 0.15) is 0 Å². The van der Waals surface area contributed by atoms with Gasteiger partial charge in [0.05, 0.1) is 11.3 Å². The maximum Gasteiger partial charge on any atom is 0.257 e. The SMILES string of the molecule is Cc1ccc(N)c(C(=O)Nc2ccc(Cl)cc2Br)c1. The molecule has 0 saturated heterocycles. The number of halogens is 2. The number of anilines is 2. The number of rotatable bonds is 2. The third kappa shape index (κ3) is 3.28. The summed E-state index contributed by atoms with van der Waals surface area (Å²) in [7, 11) is 0. The van der Waals surface area contributed by atoms with Crippen molar-refractivity contribution in [1.82, 2.24) is 0 Å². The highest BCUT2D eigenvalue weighted by Crippen LogP contribution is 2.27. The van der Waals surface area contributed by atoms with Crippen molar-refractivity contribution in [3.8, 4) is 0 Å². The van der Waals surface area contributed by atoms with Crippen LogP contribution in [0.5, 0.6) is 0 Å². The van der Waals surface area contributed by atoms with Crippen LogP contribution in [-0.4, -0.2) is 5.91 Å². The Bertz CT molecular complexity index is 643. The van der Waals surface area contributed by atoms with Crippen molar-refractivity contribution in [1.29, 1.82) is 0 Å². The largest absolute Gasteiger partial charge is 0.398 e. The lowest BCUT2D eigenvalue weighted by atomic mass is 10.1. The summed E-state index contributed by atoms with van der Waals surface area (Å²) in [6, 6.07) is 10.5. The Morgan fingerprint density at radius 2 is 2.00 bits per heavy atom. The minimum atomic E-state index is -0.246. The molecule has 0 aliphatic heterocycles. The van der Waals surface area contributed by atoms with E-state index in [1.807, 2.05) is 13.0 Å². The Balaban J connectivity index is 2.28. The number of carbonyl (C=O) groups is 1. The van der Waals surface area contributed by atoms with Crippen molar-refractivity contribution < 1.29 is 4.79 Å². The monoisotopic (exact) mass is 338 g/mol. The molecule has 0 saturated carbocycles. The highest BCUT2D eigenvalue weighted by molar-refractivity contribution is 9.10. The van der Waals surface area contributed by atoms with Crippen molar-refractivity contribution in [2.45, 2.75) is 6.92 Å². The number of benzene rings is 2. The molecule has 19 heavy (non-hydrogen) atoms. The first kappa shape index (κ1) is 13.9. The number of hydrogen-bond donors (Lipinski definition) is 2. The van der Waals surface area contributed by atoms with Gasteiger partial charge in [-0.25, -0.2) is 0 Å². The molecule has 2 aromatic rings. The fourth-order valence-electron chi connectivity index (χ4n) is 1.65. The van der Waals surface area contributed by atoms with Crippen LogP contribution in [0.3, 0.4) is 0 Å². The number of nitrogens with two attached hydrogens (primary N) is 1. The third-order valence-electron chi connectivity index (χ3n) is 2.63. The van der Waals surface area contributed by atoms with Gasteiger partial charge >= 0.3 is 0 Å². The molecule has 98 valence electrons. The zero-order valence-corrected chi connectivity index (χ0v) is 12.5. The van der Waals surface area contributed by atoms with Crippen LogP contribution in [0.15, 0.2) is 40.9 Å². The second-order valence-electron chi connectivity index (χ2n) is 4.17. The lowest BCUT2D eigenvalue weighted by Gasteiger charge is -2.10. The van der Waals surface area contributed by atoms with E-state index in [1.165, 1.54) is 0 Å². The summed E-state index contributed by atoms with van der Waals surface area (Å²) in [5.74, 6) is -0.246. The van der Waals surface area contributed by atoms with Crippen LogP contribution in [0, 0.1) is 6.92 Å². The van der Waals surface area contributed by atoms with Crippen LogP contribution in [0.4, 0.5) is 11.4 Å². The van der Waals surface area contributed by atoms with Gasteiger partial charge in [0.25, 0.3) is 5.91 Å². The van der Waals surface area contributed by atoms with Crippen molar-refractivity contribution in [3.05, 3.63) is 57.0 Å². The highest BCUT2D eigenvalue weighted by Gasteiger charge is 2.11. The van der Waals surface area contributed by atoms with E-state index in [0.29, 0.717) is 22.0 Å². The second-order valence-corrected chi connectivity index (χ2v) is 5.46. The summed E-state index contributed by atoms with van der Waals surface area (Å²) >= 11 is 9.20. The molecule has 0 aromatic heterocycles. The van der Waals surface area contributed by atoms with Gasteiger partial charge < -0.3 is 11.1 Å². The number of carbonyl (C=O) groups excluding carboxylic acids is 1. The quantitative estimate of drug-likeness (QED) is 0.804. The molecule has 0 fully saturated rings. The van der Waals surface area contributed by atoms with E-state index in [0.717, 1.165) is 10.0 Å². The Hall–Kier alpha value is -1.52. The zero-order valence-electron chi connectivity index (χ0n) is 10.2. The standard InChI is InChI=1S/C14H12BrClN2O/c1-8-2-4-12(17)10(6-8)14(19)18-13-5-3-9(16)7-11(13)15/h2-7H,17H2,1H3,(H,18,19). The topological polar surface area (TPSA) is 55.1 Å². The maximum atomic E-state index is 12.2. The second kappa shape index (κ2) is 5.63. The minimum Gasteiger partial charge on any atom is -0.398 e. The first-order valence-corrected chi connectivity index (χ1v) is 6.77. The van der Waals surface area contributed by atoms with Gasteiger partial charge in [0.15, 0.2) is 0 Å². The van der Waals surface area contributed by atoms with E-state index < -0.39 is 0 Å². The van der Waals surface area contributed by atoms with E-state index in [-0.39, 0.29) is 5.91 Å². The van der Waals surface area contributed by atoms with Gasteiger partial charge in [-0.3, -0.25) is 4.79 Å². The summed E-state index contributed by atoms with van der Waals surface area (Å²) in [6.45, 7) is 1.91. The molecule has 0 atom stereocenters. The van der Waals surface area contributed by atoms with Crippen molar-refractivity contribution >= 4 is 44.8 Å². The van der Waals surface area contributed by atoms with Crippen molar-refractivity contribution in [2.24, 2.45) is 0 Å². The van der Waals surface area contributed by atoms with E-state index in [1.54, 1.807) is 30.3 Å². The summed E-state index contributed by atoms with van der Waals surface area (Å²) in [5.41, 5.74) is 8.35. The van der Waals surface area contributed by atoms with Gasteiger partial charge in [0, 0.05) is 15.2 Å².